The second-order valence-electron chi connectivity index (χ2n) is 8.00. The molecule has 33 heavy (non-hydrogen) atoms. The van der Waals surface area contributed by atoms with Gasteiger partial charge in [0, 0.05) is 31.4 Å². The van der Waals surface area contributed by atoms with Gasteiger partial charge in [-0.05, 0) is 18.1 Å². The van der Waals surface area contributed by atoms with Crippen molar-refractivity contribution in [2.45, 2.75) is 37.8 Å². The van der Waals surface area contributed by atoms with Crippen molar-refractivity contribution < 1.29 is 18.3 Å². The van der Waals surface area contributed by atoms with Crippen LogP contribution < -0.4 is 16.7 Å². The van der Waals surface area contributed by atoms with Gasteiger partial charge in [0.25, 0.3) is 5.92 Å². The van der Waals surface area contributed by atoms with E-state index in [4.69, 9.17) is 20.6 Å². The van der Waals surface area contributed by atoms with Crippen LogP contribution in [0.4, 0.5) is 14.6 Å². The Morgan fingerprint density at radius 1 is 1.36 bits per heavy atom. The number of hydrogen-bond donors (Lipinski definition) is 3. The summed E-state index contributed by atoms with van der Waals surface area (Å²) < 4.78 is 41.3. The third-order valence-corrected chi connectivity index (χ3v) is 5.75. The molecule has 4 N–H and O–H groups in total. The lowest BCUT2D eigenvalue weighted by molar-refractivity contribution is -0.134. The predicted octanol–water partition coefficient (Wildman–Crippen LogP) is 2.08. The molecule has 1 aromatic carbocycles. The quantitative estimate of drug-likeness (QED) is 0.565. The van der Waals surface area contributed by atoms with Crippen LogP contribution >= 0.6 is 0 Å². The normalized spacial score (nSPS) is 24.5. The summed E-state index contributed by atoms with van der Waals surface area (Å²) in [5, 5.41) is 11.7. The minimum absolute atomic E-state index is 0.0484. The van der Waals surface area contributed by atoms with Crippen molar-refractivity contribution in [3.8, 4) is 0 Å². The minimum Gasteiger partial charge on any atom is -0.482 e. The smallest absolute Gasteiger partial charge is 0.351 e. The number of alkyl halides is 2. The highest BCUT2D eigenvalue weighted by molar-refractivity contribution is 6.00. The molecule has 4 rings (SSSR count). The number of aromatic nitrogens is 2. The van der Waals surface area contributed by atoms with Gasteiger partial charge in [-0.15, -0.1) is 0 Å². The summed E-state index contributed by atoms with van der Waals surface area (Å²) in [5.41, 5.74) is 6.58. The van der Waals surface area contributed by atoms with Gasteiger partial charge in [0.1, 0.15) is 12.0 Å². The summed E-state index contributed by atoms with van der Waals surface area (Å²) in [6.45, 7) is 1.06. The number of nitrogens with one attached hydrogen (secondary N) is 2. The van der Waals surface area contributed by atoms with Crippen LogP contribution in [-0.2, 0) is 16.0 Å². The van der Waals surface area contributed by atoms with Gasteiger partial charge in [0.15, 0.2) is 5.88 Å². The number of rotatable bonds is 6. The van der Waals surface area contributed by atoms with Crippen molar-refractivity contribution in [3.63, 3.8) is 0 Å². The van der Waals surface area contributed by atoms with E-state index in [1.54, 1.807) is 4.90 Å². The van der Waals surface area contributed by atoms with Gasteiger partial charge < -0.3 is 25.9 Å². The molecule has 1 aromatic heterocycles. The van der Waals surface area contributed by atoms with Crippen LogP contribution in [-0.4, -0.2) is 52.5 Å². The van der Waals surface area contributed by atoms with E-state index in [9.17, 15) is 13.6 Å². The SMILES string of the molecule is CO/C(NCc1ccccc1)=C1\CCN(C2CC(F)(F)[C@H](n3ccc(N)nc3=O)O2)CC1=N. The number of nitrogens with zero attached hydrogens (tertiary/aromatic N) is 3. The van der Waals surface area contributed by atoms with Crippen LogP contribution in [0, 0.1) is 5.41 Å². The molecular formula is C22H26F2N6O3. The Balaban J connectivity index is 1.44. The first kappa shape index (κ1) is 22.9. The van der Waals surface area contributed by atoms with E-state index in [0.717, 1.165) is 16.3 Å². The number of ether oxygens (including phenoxy) is 2. The largest absolute Gasteiger partial charge is 0.482 e. The summed E-state index contributed by atoms with van der Waals surface area (Å²) in [6, 6.07) is 11.1. The van der Waals surface area contributed by atoms with Crippen molar-refractivity contribution in [2.75, 3.05) is 25.9 Å². The van der Waals surface area contributed by atoms with Crippen LogP contribution in [0.1, 0.15) is 24.6 Å². The maximum Gasteiger partial charge on any atom is 0.351 e. The molecule has 0 amide bonds. The number of anilines is 1. The van der Waals surface area contributed by atoms with Crippen molar-refractivity contribution in [3.05, 3.63) is 70.1 Å². The zero-order valence-corrected chi connectivity index (χ0v) is 18.1. The monoisotopic (exact) mass is 460 g/mol. The highest BCUT2D eigenvalue weighted by Gasteiger charge is 2.53. The molecule has 0 spiro atoms. The number of halogens is 2. The summed E-state index contributed by atoms with van der Waals surface area (Å²) in [6.07, 6.45) is -1.72. The van der Waals surface area contributed by atoms with Crippen LogP contribution in [0.5, 0.6) is 0 Å². The first-order chi connectivity index (χ1) is 15.8. The number of nitrogens with two attached hydrogens (primary N) is 1. The molecule has 176 valence electrons. The first-order valence-corrected chi connectivity index (χ1v) is 10.5. The average molecular weight is 460 g/mol. The predicted molar refractivity (Wildman–Crippen MR) is 118 cm³/mol. The number of benzene rings is 1. The molecule has 0 bridgehead atoms. The molecule has 11 heteroatoms. The standard InChI is InChI=1S/C22H26F2N6O3/c1-32-19(27-12-14-5-3-2-4-6-14)15-7-9-29(13-16(15)25)18-11-22(23,24)20(33-18)30-10-8-17(26)28-21(30)31/h2-6,8,10,18,20,25,27H,7,9,11-13H2,1H3,(H2,26,28,31)/b19-15+,25-16?/t18?,20-/m1/s1. The van der Waals surface area contributed by atoms with Crippen LogP contribution in [0.25, 0.3) is 0 Å². The Morgan fingerprint density at radius 2 is 2.12 bits per heavy atom. The lowest BCUT2D eigenvalue weighted by Crippen LogP contribution is -2.44. The molecular weight excluding hydrogens is 434 g/mol. The Morgan fingerprint density at radius 3 is 2.79 bits per heavy atom. The molecule has 2 atom stereocenters. The second-order valence-corrected chi connectivity index (χ2v) is 8.00. The average Bonchev–Trinajstić information content (AvgIpc) is 3.10. The van der Waals surface area contributed by atoms with Crippen molar-refractivity contribution in [1.82, 2.24) is 19.8 Å². The van der Waals surface area contributed by atoms with E-state index in [1.807, 2.05) is 30.3 Å². The van der Waals surface area contributed by atoms with Crippen LogP contribution in [0.15, 0.2) is 58.8 Å². The van der Waals surface area contributed by atoms with Gasteiger partial charge in [0.05, 0.1) is 19.2 Å². The molecule has 2 saturated heterocycles. The number of piperidine rings is 1. The van der Waals surface area contributed by atoms with Crippen molar-refractivity contribution in [1.29, 1.82) is 5.41 Å². The lowest BCUT2D eigenvalue weighted by Gasteiger charge is -2.33. The van der Waals surface area contributed by atoms with E-state index in [0.29, 0.717) is 31.0 Å². The number of likely N-dealkylation sites (tertiary alicyclic amines) is 1. The highest BCUT2D eigenvalue weighted by atomic mass is 19.3. The molecule has 0 saturated carbocycles. The third kappa shape index (κ3) is 4.88. The number of hydrogen-bond acceptors (Lipinski definition) is 8. The lowest BCUT2D eigenvalue weighted by atomic mass is 10.0. The van der Waals surface area contributed by atoms with Crippen molar-refractivity contribution in [2.24, 2.45) is 0 Å². The third-order valence-electron chi connectivity index (χ3n) is 5.75. The fourth-order valence-electron chi connectivity index (χ4n) is 4.08. The first-order valence-electron chi connectivity index (χ1n) is 10.5. The van der Waals surface area contributed by atoms with E-state index in [2.05, 4.69) is 10.3 Å². The molecule has 3 heterocycles. The topological polar surface area (TPSA) is 118 Å². The Bertz CT molecular complexity index is 1100. The van der Waals surface area contributed by atoms with Gasteiger partial charge in [0.2, 0.25) is 6.23 Å². The summed E-state index contributed by atoms with van der Waals surface area (Å²) >= 11 is 0. The maximum absolute atomic E-state index is 14.7. The summed E-state index contributed by atoms with van der Waals surface area (Å²) in [4.78, 5) is 17.2. The van der Waals surface area contributed by atoms with Gasteiger partial charge >= 0.3 is 5.69 Å². The van der Waals surface area contributed by atoms with E-state index >= 15 is 0 Å². The maximum atomic E-state index is 14.7. The fraction of sp³-hybridized carbons (Fsp3) is 0.409. The Labute approximate surface area is 189 Å². The number of methoxy groups -OCH3 is 1. The molecule has 2 aliphatic heterocycles. The van der Waals surface area contributed by atoms with Crippen molar-refractivity contribution >= 4 is 11.5 Å². The molecule has 9 nitrogen and oxygen atoms in total. The van der Waals surface area contributed by atoms with E-state index in [1.165, 1.54) is 13.2 Å². The highest BCUT2D eigenvalue weighted by Crippen LogP contribution is 2.43. The molecule has 2 fully saturated rings. The van der Waals surface area contributed by atoms with Gasteiger partial charge in [-0.2, -0.15) is 4.98 Å². The van der Waals surface area contributed by atoms with Gasteiger partial charge in [-0.1, -0.05) is 30.3 Å². The van der Waals surface area contributed by atoms with Crippen LogP contribution in [0.3, 0.4) is 0 Å². The minimum atomic E-state index is -3.28. The molecule has 2 aliphatic rings. The zero-order chi connectivity index (χ0) is 23.6. The zero-order valence-electron chi connectivity index (χ0n) is 18.1. The van der Waals surface area contributed by atoms with Crippen LogP contribution in [0.2, 0.25) is 0 Å². The Kier molecular flexibility index (Phi) is 6.43. The summed E-state index contributed by atoms with van der Waals surface area (Å²) in [7, 11) is 1.53. The molecule has 2 aromatic rings. The van der Waals surface area contributed by atoms with E-state index in [-0.39, 0.29) is 18.1 Å². The molecule has 0 radical (unpaired) electrons. The number of nitrogen functional groups attached to an aromatic ring is 1. The fourth-order valence-corrected chi connectivity index (χ4v) is 4.08. The van der Waals surface area contributed by atoms with Gasteiger partial charge in [-0.25, -0.2) is 13.6 Å². The molecule has 1 unspecified atom stereocenters. The van der Waals surface area contributed by atoms with E-state index < -0.39 is 30.5 Å². The van der Waals surface area contributed by atoms with Gasteiger partial charge in [-0.3, -0.25) is 9.47 Å². The summed E-state index contributed by atoms with van der Waals surface area (Å²) in [5.74, 6) is -2.83. The second kappa shape index (κ2) is 9.28. The molecule has 0 aliphatic carbocycles. The Hall–Kier alpha value is -3.31.